The van der Waals surface area contributed by atoms with Crippen molar-refractivity contribution in [1.82, 2.24) is 4.90 Å². The monoisotopic (exact) mass is 408 g/mol. The summed E-state index contributed by atoms with van der Waals surface area (Å²) in [5.41, 5.74) is 0.0965. The van der Waals surface area contributed by atoms with Crippen LogP contribution in [0.25, 0.3) is 0 Å². The zero-order valence-electron chi connectivity index (χ0n) is 15.4. The van der Waals surface area contributed by atoms with Crippen molar-refractivity contribution in [3.8, 4) is 0 Å². The SMILES string of the molecule is CC(C)N1CCCC12C(=O)N(C(=O)OC(C)(C)C)c1ccc(Br)cc12. The van der Waals surface area contributed by atoms with Gasteiger partial charge in [-0.05, 0) is 72.2 Å². The lowest BCUT2D eigenvalue weighted by Crippen LogP contribution is -2.53. The molecule has 1 atom stereocenters. The maximum Gasteiger partial charge on any atom is 0.421 e. The van der Waals surface area contributed by atoms with Crippen molar-refractivity contribution in [2.75, 3.05) is 11.4 Å². The lowest BCUT2D eigenvalue weighted by molar-refractivity contribution is -0.129. The predicted octanol–water partition coefficient (Wildman–Crippen LogP) is 4.43. The van der Waals surface area contributed by atoms with Gasteiger partial charge in [0, 0.05) is 16.1 Å². The normalized spacial score (nSPS) is 23.6. The highest BCUT2D eigenvalue weighted by Gasteiger charge is 2.59. The van der Waals surface area contributed by atoms with Gasteiger partial charge in [-0.3, -0.25) is 9.69 Å². The molecule has 0 bridgehead atoms. The number of ether oxygens (including phenoxy) is 1. The van der Waals surface area contributed by atoms with Gasteiger partial charge in [-0.25, -0.2) is 9.69 Å². The van der Waals surface area contributed by atoms with Gasteiger partial charge in [0.05, 0.1) is 5.69 Å². The van der Waals surface area contributed by atoms with Gasteiger partial charge in [0.1, 0.15) is 11.1 Å². The molecule has 5 nitrogen and oxygen atoms in total. The third-order valence-electron chi connectivity index (χ3n) is 4.83. The Morgan fingerprint density at radius 3 is 2.60 bits per heavy atom. The number of halogens is 1. The van der Waals surface area contributed by atoms with Gasteiger partial charge in [-0.1, -0.05) is 15.9 Å². The summed E-state index contributed by atoms with van der Waals surface area (Å²) < 4.78 is 6.42. The summed E-state index contributed by atoms with van der Waals surface area (Å²) in [6.07, 6.45) is 1.04. The minimum Gasteiger partial charge on any atom is -0.443 e. The number of hydrogen-bond acceptors (Lipinski definition) is 4. The van der Waals surface area contributed by atoms with E-state index in [4.69, 9.17) is 4.74 Å². The Morgan fingerprint density at radius 2 is 2.00 bits per heavy atom. The van der Waals surface area contributed by atoms with Crippen LogP contribution >= 0.6 is 15.9 Å². The van der Waals surface area contributed by atoms with Crippen LogP contribution in [-0.2, 0) is 15.1 Å². The second kappa shape index (κ2) is 6.09. The van der Waals surface area contributed by atoms with Gasteiger partial charge < -0.3 is 4.74 Å². The molecule has 136 valence electrons. The molecule has 6 heteroatoms. The molecule has 2 aliphatic rings. The van der Waals surface area contributed by atoms with E-state index >= 15 is 0 Å². The first-order valence-electron chi connectivity index (χ1n) is 8.72. The fraction of sp³-hybridized carbons (Fsp3) is 0.579. The number of fused-ring (bicyclic) bond motifs is 2. The Morgan fingerprint density at radius 1 is 1.32 bits per heavy atom. The van der Waals surface area contributed by atoms with Gasteiger partial charge >= 0.3 is 6.09 Å². The smallest absolute Gasteiger partial charge is 0.421 e. The van der Waals surface area contributed by atoms with Crippen LogP contribution in [0.5, 0.6) is 0 Å². The standard InChI is InChI=1S/C19H25BrN2O3/c1-12(2)21-10-6-9-19(21)14-11-13(20)7-8-15(14)22(16(19)23)17(24)25-18(3,4)5/h7-8,11-12H,6,9-10H2,1-5H3. The summed E-state index contributed by atoms with van der Waals surface area (Å²) in [7, 11) is 0. The van der Waals surface area contributed by atoms with Crippen LogP contribution in [0.1, 0.15) is 53.0 Å². The highest BCUT2D eigenvalue weighted by Crippen LogP contribution is 2.51. The largest absolute Gasteiger partial charge is 0.443 e. The van der Waals surface area contributed by atoms with Crippen LogP contribution < -0.4 is 4.90 Å². The zero-order valence-corrected chi connectivity index (χ0v) is 17.0. The zero-order chi connectivity index (χ0) is 18.6. The number of nitrogens with zero attached hydrogens (tertiary/aromatic N) is 2. The summed E-state index contributed by atoms with van der Waals surface area (Å²) in [4.78, 5) is 29.7. The molecule has 2 amide bonds. The number of benzene rings is 1. The number of likely N-dealkylation sites (tertiary alicyclic amines) is 1. The molecule has 1 aromatic carbocycles. The average Bonchev–Trinajstić information content (AvgIpc) is 3.01. The molecule has 1 saturated heterocycles. The lowest BCUT2D eigenvalue weighted by Gasteiger charge is -2.37. The number of anilines is 1. The Kier molecular flexibility index (Phi) is 4.48. The van der Waals surface area contributed by atoms with Crippen LogP contribution in [0, 0.1) is 0 Å². The molecule has 0 aliphatic carbocycles. The molecule has 3 rings (SSSR count). The highest BCUT2D eigenvalue weighted by atomic mass is 79.9. The topological polar surface area (TPSA) is 49.9 Å². The Hall–Kier alpha value is -1.40. The Balaban J connectivity index is 2.14. The fourth-order valence-corrected chi connectivity index (χ4v) is 4.35. The first kappa shape index (κ1) is 18.4. The van der Waals surface area contributed by atoms with Crippen LogP contribution in [0.3, 0.4) is 0 Å². The van der Waals surface area contributed by atoms with Crippen LogP contribution in [0.2, 0.25) is 0 Å². The first-order valence-corrected chi connectivity index (χ1v) is 9.51. The Bertz CT molecular complexity index is 726. The van der Waals surface area contributed by atoms with Gasteiger partial charge in [0.15, 0.2) is 0 Å². The van der Waals surface area contributed by atoms with Crippen molar-refractivity contribution in [2.24, 2.45) is 0 Å². The van der Waals surface area contributed by atoms with E-state index in [0.29, 0.717) is 12.1 Å². The number of carbonyl (C=O) groups is 2. The molecule has 1 aromatic rings. The molecular weight excluding hydrogens is 384 g/mol. The average molecular weight is 409 g/mol. The van der Waals surface area contributed by atoms with Crippen LogP contribution in [-0.4, -0.2) is 35.1 Å². The van der Waals surface area contributed by atoms with E-state index in [1.165, 1.54) is 4.90 Å². The summed E-state index contributed by atoms with van der Waals surface area (Å²) in [5.74, 6) is -0.193. The summed E-state index contributed by atoms with van der Waals surface area (Å²) in [6, 6.07) is 5.86. The van der Waals surface area contributed by atoms with E-state index < -0.39 is 17.2 Å². The molecule has 2 heterocycles. The van der Waals surface area contributed by atoms with Crippen molar-refractivity contribution < 1.29 is 14.3 Å². The first-order chi connectivity index (χ1) is 11.6. The number of carbonyl (C=O) groups excluding carboxylic acids is 2. The fourth-order valence-electron chi connectivity index (χ4n) is 3.99. The highest BCUT2D eigenvalue weighted by molar-refractivity contribution is 9.10. The number of hydrogen-bond donors (Lipinski definition) is 0. The van der Waals surface area contributed by atoms with Crippen molar-refractivity contribution in [2.45, 2.75) is 64.6 Å². The third kappa shape index (κ3) is 2.89. The molecule has 0 aromatic heterocycles. The van der Waals surface area contributed by atoms with Crippen molar-refractivity contribution >= 4 is 33.6 Å². The van der Waals surface area contributed by atoms with Crippen molar-refractivity contribution in [1.29, 1.82) is 0 Å². The van der Waals surface area contributed by atoms with Gasteiger partial charge in [0.2, 0.25) is 0 Å². The van der Waals surface area contributed by atoms with E-state index in [9.17, 15) is 9.59 Å². The number of imide groups is 1. The molecular formula is C19H25BrN2O3. The molecule has 1 spiro atoms. The predicted molar refractivity (Wildman–Crippen MR) is 101 cm³/mol. The van der Waals surface area contributed by atoms with Crippen LogP contribution in [0.4, 0.5) is 10.5 Å². The van der Waals surface area contributed by atoms with Gasteiger partial charge in [0.25, 0.3) is 5.91 Å². The molecule has 1 fully saturated rings. The number of amides is 2. The minimum absolute atomic E-state index is 0.193. The lowest BCUT2D eigenvalue weighted by atomic mass is 9.88. The van der Waals surface area contributed by atoms with Gasteiger partial charge in [-0.2, -0.15) is 0 Å². The third-order valence-corrected chi connectivity index (χ3v) is 5.32. The second-order valence-electron chi connectivity index (χ2n) is 8.03. The molecule has 0 saturated carbocycles. The number of rotatable bonds is 1. The van der Waals surface area contributed by atoms with E-state index in [1.807, 2.05) is 18.2 Å². The minimum atomic E-state index is -0.774. The van der Waals surface area contributed by atoms with E-state index in [0.717, 1.165) is 23.0 Å². The summed E-state index contributed by atoms with van der Waals surface area (Å²) >= 11 is 3.51. The maximum absolute atomic E-state index is 13.5. The van der Waals surface area contributed by atoms with E-state index in [2.05, 4.69) is 34.7 Å². The summed E-state index contributed by atoms with van der Waals surface area (Å²) in [6.45, 7) is 10.4. The van der Waals surface area contributed by atoms with Crippen LogP contribution in [0.15, 0.2) is 22.7 Å². The maximum atomic E-state index is 13.5. The summed E-state index contributed by atoms with van der Waals surface area (Å²) in [5, 5.41) is 0. The van der Waals surface area contributed by atoms with E-state index in [-0.39, 0.29) is 11.9 Å². The van der Waals surface area contributed by atoms with Crippen molar-refractivity contribution in [3.63, 3.8) is 0 Å². The van der Waals surface area contributed by atoms with E-state index in [1.54, 1.807) is 20.8 Å². The van der Waals surface area contributed by atoms with Crippen molar-refractivity contribution in [3.05, 3.63) is 28.2 Å². The Labute approximate surface area is 157 Å². The quantitative estimate of drug-likeness (QED) is 0.689. The molecule has 25 heavy (non-hydrogen) atoms. The molecule has 2 aliphatic heterocycles. The molecule has 0 radical (unpaired) electrons. The second-order valence-corrected chi connectivity index (χ2v) is 8.95. The molecule has 0 N–H and O–H groups in total. The molecule has 1 unspecified atom stereocenters. The van der Waals surface area contributed by atoms with Gasteiger partial charge in [-0.15, -0.1) is 0 Å².